The average Bonchev–Trinajstić information content (AvgIpc) is 2.92. The summed E-state index contributed by atoms with van der Waals surface area (Å²) in [6.45, 7) is 4.74. The van der Waals surface area contributed by atoms with E-state index >= 15 is 0 Å². The van der Waals surface area contributed by atoms with Gasteiger partial charge in [-0.05, 0) is 67.9 Å². The highest BCUT2D eigenvalue weighted by atomic mass is 32.2. The number of benzene rings is 3. The largest absolute Gasteiger partial charge is 0.494 e. The Labute approximate surface area is 229 Å². The first-order chi connectivity index (χ1) is 18.9. The molecule has 0 saturated heterocycles. The molecule has 4 rings (SSSR count). The van der Waals surface area contributed by atoms with Crippen molar-refractivity contribution in [3.63, 3.8) is 0 Å². The number of hydrogen-bond acceptors (Lipinski definition) is 8. The number of carboxylic acid groups (broad SMARTS) is 2. The molecule has 0 fully saturated rings. The van der Waals surface area contributed by atoms with Gasteiger partial charge in [0.05, 0.1) is 34.6 Å². The fourth-order valence-corrected chi connectivity index (χ4v) is 4.25. The first kappa shape index (κ1) is 30.0. The molecule has 0 aliphatic heterocycles. The van der Waals surface area contributed by atoms with Crippen LogP contribution < -0.4 is 20.8 Å². The Balaban J connectivity index is 0.000000663. The molecule has 1 atom stereocenters. The van der Waals surface area contributed by atoms with E-state index in [0.717, 1.165) is 11.3 Å². The van der Waals surface area contributed by atoms with Crippen LogP contribution in [0.15, 0.2) is 82.5 Å². The molecule has 40 heavy (non-hydrogen) atoms. The molecule has 13 heteroatoms. The Bertz CT molecular complexity index is 1660. The lowest BCUT2D eigenvalue weighted by atomic mass is 10.1. The molecule has 1 aromatic heterocycles. The van der Waals surface area contributed by atoms with Gasteiger partial charge in [-0.2, -0.15) is 0 Å². The molecule has 0 spiro atoms. The van der Waals surface area contributed by atoms with Crippen LogP contribution in [0.3, 0.4) is 0 Å². The van der Waals surface area contributed by atoms with Gasteiger partial charge in [-0.3, -0.25) is 9.36 Å². The fraction of sp³-hybridized carbons (Fsp3) is 0.185. The highest BCUT2D eigenvalue weighted by Gasteiger charge is 2.15. The van der Waals surface area contributed by atoms with Crippen molar-refractivity contribution in [1.82, 2.24) is 14.9 Å². The summed E-state index contributed by atoms with van der Waals surface area (Å²) >= 11 is 0. The molecule has 0 bridgehead atoms. The molecule has 0 aliphatic carbocycles. The van der Waals surface area contributed by atoms with Gasteiger partial charge in [-0.25, -0.2) is 28.1 Å². The molecule has 1 heterocycles. The van der Waals surface area contributed by atoms with Crippen molar-refractivity contribution < 1.29 is 33.0 Å². The number of nitrogens with two attached hydrogens (primary N) is 1. The monoisotopic (exact) mass is 568 g/mol. The van der Waals surface area contributed by atoms with Gasteiger partial charge in [-0.15, -0.1) is 0 Å². The maximum atomic E-state index is 13.4. The zero-order chi connectivity index (χ0) is 29.4. The first-order valence-corrected chi connectivity index (χ1v) is 13.5. The number of carbonyl (C=O) groups is 2. The molecule has 0 saturated carbocycles. The van der Waals surface area contributed by atoms with Gasteiger partial charge in [0.2, 0.25) is 10.0 Å². The van der Waals surface area contributed by atoms with E-state index < -0.39 is 22.0 Å². The predicted molar refractivity (Wildman–Crippen MR) is 147 cm³/mol. The zero-order valence-corrected chi connectivity index (χ0v) is 22.5. The highest BCUT2D eigenvalue weighted by Crippen LogP contribution is 2.19. The predicted octanol–water partition coefficient (Wildman–Crippen LogP) is 2.44. The number of fused-ring (bicyclic) bond motifs is 1. The Morgan fingerprint density at radius 1 is 1.00 bits per heavy atom. The Kier molecular flexibility index (Phi) is 9.72. The van der Waals surface area contributed by atoms with E-state index in [4.69, 9.17) is 34.7 Å². The van der Waals surface area contributed by atoms with Gasteiger partial charge in [-0.1, -0.05) is 24.3 Å². The number of para-hydroxylation sites is 1. The molecule has 1 unspecified atom stereocenters. The second-order valence-corrected chi connectivity index (χ2v) is 10.0. The normalized spacial score (nSPS) is 11.8. The second-order valence-electron chi connectivity index (χ2n) is 8.44. The summed E-state index contributed by atoms with van der Waals surface area (Å²) in [5, 5.41) is 23.9. The standard InChI is InChI=1S/C25H26N4O4S.C2H2O4/c1-3-33-20-12-10-19(11-13-20)29-24(28-23-7-5-4-6-22(23)25(29)30)16-27-17(2)18-8-14-21(15-9-18)34(26,31)32;3-1(4)2(5)6/h4-15,17,27H,3,16H2,1-2H3,(H2,26,31,32);(H,3,4)(H,5,6). The van der Waals surface area contributed by atoms with Crippen LogP contribution in [0, 0.1) is 0 Å². The third kappa shape index (κ3) is 7.50. The van der Waals surface area contributed by atoms with Crippen LogP contribution in [0.25, 0.3) is 16.6 Å². The number of carboxylic acids is 2. The summed E-state index contributed by atoms with van der Waals surface area (Å²) < 4.78 is 30.1. The molecule has 3 aromatic carbocycles. The van der Waals surface area contributed by atoms with E-state index in [0.29, 0.717) is 35.6 Å². The van der Waals surface area contributed by atoms with Gasteiger partial charge >= 0.3 is 11.9 Å². The summed E-state index contributed by atoms with van der Waals surface area (Å²) in [5.41, 5.74) is 2.03. The third-order valence-corrected chi connectivity index (χ3v) is 6.64. The van der Waals surface area contributed by atoms with E-state index in [1.807, 2.05) is 56.3 Å². The molecule has 0 amide bonds. The van der Waals surface area contributed by atoms with E-state index in [1.54, 1.807) is 22.8 Å². The lowest BCUT2D eigenvalue weighted by Crippen LogP contribution is -2.28. The minimum atomic E-state index is -3.75. The molecule has 210 valence electrons. The van der Waals surface area contributed by atoms with Crippen molar-refractivity contribution in [2.24, 2.45) is 5.14 Å². The molecular weight excluding hydrogens is 540 g/mol. The van der Waals surface area contributed by atoms with Gasteiger partial charge in [0, 0.05) is 6.04 Å². The summed E-state index contributed by atoms with van der Waals surface area (Å²) in [6.07, 6.45) is 0. The van der Waals surface area contributed by atoms with Crippen LogP contribution in [-0.2, 0) is 26.2 Å². The Hall–Kier alpha value is -4.59. The third-order valence-electron chi connectivity index (χ3n) is 5.71. The number of nitrogens with zero attached hydrogens (tertiary/aromatic N) is 2. The van der Waals surface area contributed by atoms with Crippen LogP contribution in [0.5, 0.6) is 5.75 Å². The molecule has 5 N–H and O–H groups in total. The number of aliphatic carboxylic acids is 2. The van der Waals surface area contributed by atoms with E-state index in [9.17, 15) is 13.2 Å². The van der Waals surface area contributed by atoms with Crippen molar-refractivity contribution in [3.05, 3.63) is 94.5 Å². The Morgan fingerprint density at radius 2 is 1.60 bits per heavy atom. The maximum absolute atomic E-state index is 13.4. The highest BCUT2D eigenvalue weighted by molar-refractivity contribution is 7.89. The van der Waals surface area contributed by atoms with Crippen LogP contribution in [-0.4, -0.2) is 46.7 Å². The number of sulfonamides is 1. The number of ether oxygens (including phenoxy) is 1. The van der Waals surface area contributed by atoms with Crippen molar-refractivity contribution in [3.8, 4) is 11.4 Å². The fourth-order valence-electron chi connectivity index (χ4n) is 3.73. The van der Waals surface area contributed by atoms with Crippen molar-refractivity contribution in [2.45, 2.75) is 31.3 Å². The van der Waals surface area contributed by atoms with Gasteiger partial charge in [0.25, 0.3) is 5.56 Å². The van der Waals surface area contributed by atoms with Gasteiger partial charge in [0.15, 0.2) is 0 Å². The summed E-state index contributed by atoms with van der Waals surface area (Å²) in [7, 11) is -3.75. The number of hydrogen-bond donors (Lipinski definition) is 4. The van der Waals surface area contributed by atoms with Gasteiger partial charge < -0.3 is 20.3 Å². The maximum Gasteiger partial charge on any atom is 0.414 e. The number of nitrogens with one attached hydrogen (secondary N) is 1. The quantitative estimate of drug-likeness (QED) is 0.230. The summed E-state index contributed by atoms with van der Waals surface area (Å²) in [5.74, 6) is -2.37. The minimum Gasteiger partial charge on any atom is -0.494 e. The number of rotatable bonds is 8. The molecule has 12 nitrogen and oxygen atoms in total. The second kappa shape index (κ2) is 13.0. The molecule has 0 radical (unpaired) electrons. The lowest BCUT2D eigenvalue weighted by Gasteiger charge is -2.18. The van der Waals surface area contributed by atoms with Crippen molar-refractivity contribution in [2.75, 3.05) is 6.61 Å². The van der Waals surface area contributed by atoms with E-state index in [2.05, 4.69) is 5.32 Å². The first-order valence-electron chi connectivity index (χ1n) is 12.0. The smallest absolute Gasteiger partial charge is 0.414 e. The SMILES string of the molecule is CCOc1ccc(-n2c(CNC(C)c3ccc(S(N)(=O)=O)cc3)nc3ccccc3c2=O)cc1.O=C(O)C(=O)O. The number of primary sulfonamides is 1. The summed E-state index contributed by atoms with van der Waals surface area (Å²) in [6, 6.07) is 20.8. The van der Waals surface area contributed by atoms with Gasteiger partial charge in [0.1, 0.15) is 11.6 Å². The minimum absolute atomic E-state index is 0.0592. The zero-order valence-electron chi connectivity index (χ0n) is 21.6. The van der Waals surface area contributed by atoms with Crippen molar-refractivity contribution in [1.29, 1.82) is 0 Å². The topological polar surface area (TPSA) is 191 Å². The molecule has 0 aliphatic rings. The molecular formula is C27H28N4O8S. The van der Waals surface area contributed by atoms with Crippen LogP contribution in [0.1, 0.15) is 31.3 Å². The number of aromatic nitrogens is 2. The van der Waals surface area contributed by atoms with E-state index in [1.165, 1.54) is 12.1 Å². The van der Waals surface area contributed by atoms with Crippen LogP contribution in [0.4, 0.5) is 0 Å². The summed E-state index contributed by atoms with van der Waals surface area (Å²) in [4.78, 5) is 36.4. The average molecular weight is 569 g/mol. The molecule has 4 aromatic rings. The van der Waals surface area contributed by atoms with Crippen LogP contribution in [0.2, 0.25) is 0 Å². The van der Waals surface area contributed by atoms with Crippen LogP contribution >= 0.6 is 0 Å². The van der Waals surface area contributed by atoms with E-state index in [-0.39, 0.29) is 16.5 Å². The Morgan fingerprint density at radius 3 is 2.15 bits per heavy atom. The lowest BCUT2D eigenvalue weighted by molar-refractivity contribution is -0.159. The van der Waals surface area contributed by atoms with Crippen molar-refractivity contribution >= 4 is 32.9 Å².